The summed E-state index contributed by atoms with van der Waals surface area (Å²) in [6.45, 7) is 3.83. The van der Waals surface area contributed by atoms with Crippen LogP contribution in [0.15, 0.2) is 72.8 Å². The van der Waals surface area contributed by atoms with E-state index in [0.29, 0.717) is 5.75 Å². The third-order valence-corrected chi connectivity index (χ3v) is 5.91. The summed E-state index contributed by atoms with van der Waals surface area (Å²) in [4.78, 5) is 24.0. The molecular weight excluding hydrogens is 384 g/mol. The maximum atomic E-state index is 13.1. The molecule has 6 heteroatoms. The molecule has 0 fully saturated rings. The molecule has 1 N–H and O–H groups in total. The minimum absolute atomic E-state index is 0.103. The lowest BCUT2D eigenvalue weighted by Gasteiger charge is -2.18. The third-order valence-electron chi connectivity index (χ3n) is 4.62. The number of anilines is 1. The SMILES string of the molecule is Cc1ccc(NC(=O)[C@@H](SCc2ccccc2C)c2ccccc2)c([N+](=O)[O-])c1. The average molecular weight is 407 g/mol. The second-order valence-corrected chi connectivity index (χ2v) is 7.89. The van der Waals surface area contributed by atoms with Crippen molar-refractivity contribution >= 4 is 29.0 Å². The third kappa shape index (κ3) is 5.23. The lowest BCUT2D eigenvalue weighted by molar-refractivity contribution is -0.384. The first-order chi connectivity index (χ1) is 14.0. The van der Waals surface area contributed by atoms with Crippen molar-refractivity contribution < 1.29 is 9.72 Å². The second-order valence-electron chi connectivity index (χ2n) is 6.80. The molecule has 0 aromatic heterocycles. The Morgan fingerprint density at radius 3 is 2.41 bits per heavy atom. The first kappa shape index (κ1) is 20.6. The van der Waals surface area contributed by atoms with Crippen molar-refractivity contribution in [2.24, 2.45) is 0 Å². The lowest BCUT2D eigenvalue weighted by Crippen LogP contribution is -2.20. The topological polar surface area (TPSA) is 72.2 Å². The molecule has 148 valence electrons. The molecular formula is C23H22N2O3S. The smallest absolute Gasteiger partial charge is 0.293 e. The van der Waals surface area contributed by atoms with Crippen LogP contribution in [-0.4, -0.2) is 10.8 Å². The lowest BCUT2D eigenvalue weighted by atomic mass is 10.1. The van der Waals surface area contributed by atoms with Crippen molar-refractivity contribution in [3.8, 4) is 0 Å². The summed E-state index contributed by atoms with van der Waals surface area (Å²) in [7, 11) is 0. The normalized spacial score (nSPS) is 11.7. The molecule has 1 atom stereocenters. The van der Waals surface area contributed by atoms with Gasteiger partial charge < -0.3 is 5.32 Å². The standard InChI is InChI=1S/C23H22N2O3S/c1-16-12-13-20(21(14-16)25(27)28)24-23(26)22(18-9-4-3-5-10-18)29-15-19-11-7-6-8-17(19)2/h3-14,22H,15H2,1-2H3,(H,24,26)/t22-/m0/s1. The summed E-state index contributed by atoms with van der Waals surface area (Å²) < 4.78 is 0. The van der Waals surface area contributed by atoms with Crippen molar-refractivity contribution in [2.75, 3.05) is 5.32 Å². The monoisotopic (exact) mass is 406 g/mol. The predicted octanol–water partition coefficient (Wildman–Crippen LogP) is 5.82. The van der Waals surface area contributed by atoms with Gasteiger partial charge in [-0.05, 0) is 42.2 Å². The molecule has 0 heterocycles. The molecule has 0 aliphatic heterocycles. The molecule has 0 aliphatic carbocycles. The highest BCUT2D eigenvalue weighted by Gasteiger charge is 2.24. The van der Waals surface area contributed by atoms with Gasteiger partial charge in [-0.1, -0.05) is 60.7 Å². The van der Waals surface area contributed by atoms with Gasteiger partial charge in [0.15, 0.2) is 0 Å². The van der Waals surface area contributed by atoms with Crippen molar-refractivity contribution in [3.63, 3.8) is 0 Å². The second kappa shape index (κ2) is 9.39. The van der Waals surface area contributed by atoms with E-state index in [1.54, 1.807) is 19.1 Å². The van der Waals surface area contributed by atoms with Crippen molar-refractivity contribution in [2.45, 2.75) is 24.9 Å². The Morgan fingerprint density at radius 1 is 1.03 bits per heavy atom. The van der Waals surface area contributed by atoms with Crippen LogP contribution >= 0.6 is 11.8 Å². The van der Waals surface area contributed by atoms with E-state index in [9.17, 15) is 14.9 Å². The zero-order valence-electron chi connectivity index (χ0n) is 16.3. The minimum Gasteiger partial charge on any atom is -0.319 e. The molecule has 0 aliphatic rings. The zero-order chi connectivity index (χ0) is 20.8. The number of nitro groups is 1. The number of benzene rings is 3. The van der Waals surface area contributed by atoms with Crippen LogP contribution in [0, 0.1) is 24.0 Å². The Labute approximate surface area is 174 Å². The highest BCUT2D eigenvalue weighted by molar-refractivity contribution is 7.99. The van der Waals surface area contributed by atoms with E-state index in [1.807, 2.05) is 61.5 Å². The molecule has 0 bridgehead atoms. The van der Waals surface area contributed by atoms with Gasteiger partial charge in [0.1, 0.15) is 10.9 Å². The molecule has 29 heavy (non-hydrogen) atoms. The van der Waals surface area contributed by atoms with E-state index < -0.39 is 10.2 Å². The molecule has 1 amide bonds. The number of nitrogens with one attached hydrogen (secondary N) is 1. The Morgan fingerprint density at radius 2 is 1.72 bits per heavy atom. The molecule has 3 aromatic rings. The van der Waals surface area contributed by atoms with Gasteiger partial charge in [-0.2, -0.15) is 0 Å². The Hall–Kier alpha value is -3.12. The maximum absolute atomic E-state index is 13.1. The largest absolute Gasteiger partial charge is 0.319 e. The summed E-state index contributed by atoms with van der Waals surface area (Å²) in [6.07, 6.45) is 0. The fourth-order valence-electron chi connectivity index (χ4n) is 2.99. The number of aryl methyl sites for hydroxylation is 2. The molecule has 0 saturated heterocycles. The van der Waals surface area contributed by atoms with Gasteiger partial charge in [-0.15, -0.1) is 11.8 Å². The van der Waals surface area contributed by atoms with Crippen LogP contribution in [-0.2, 0) is 10.5 Å². The average Bonchev–Trinajstić information content (AvgIpc) is 2.71. The van der Waals surface area contributed by atoms with Gasteiger partial charge >= 0.3 is 0 Å². The number of nitro benzene ring substituents is 1. The molecule has 3 rings (SSSR count). The number of hydrogen-bond acceptors (Lipinski definition) is 4. The molecule has 0 spiro atoms. The molecule has 0 radical (unpaired) electrons. The van der Waals surface area contributed by atoms with Crippen LogP contribution in [0.4, 0.5) is 11.4 Å². The number of hydrogen-bond donors (Lipinski definition) is 1. The van der Waals surface area contributed by atoms with E-state index >= 15 is 0 Å². The van der Waals surface area contributed by atoms with Crippen molar-refractivity contribution in [3.05, 3.63) is 105 Å². The Balaban J connectivity index is 1.86. The van der Waals surface area contributed by atoms with Gasteiger partial charge in [0, 0.05) is 11.8 Å². The highest BCUT2D eigenvalue weighted by Crippen LogP contribution is 2.35. The Bertz CT molecular complexity index is 1020. The Kier molecular flexibility index (Phi) is 6.67. The summed E-state index contributed by atoms with van der Waals surface area (Å²) in [6, 6.07) is 22.3. The summed E-state index contributed by atoms with van der Waals surface area (Å²) in [5.74, 6) is 0.386. The maximum Gasteiger partial charge on any atom is 0.293 e. The first-order valence-corrected chi connectivity index (χ1v) is 10.3. The van der Waals surface area contributed by atoms with Crippen molar-refractivity contribution in [1.29, 1.82) is 0 Å². The van der Waals surface area contributed by atoms with Crippen molar-refractivity contribution in [1.82, 2.24) is 0 Å². The number of amides is 1. The van der Waals surface area contributed by atoms with Gasteiger partial charge in [-0.25, -0.2) is 0 Å². The van der Waals surface area contributed by atoms with E-state index in [1.165, 1.54) is 23.4 Å². The number of thioether (sulfide) groups is 1. The zero-order valence-corrected chi connectivity index (χ0v) is 17.1. The molecule has 0 unspecified atom stereocenters. The van der Waals surface area contributed by atoms with Crippen LogP contribution in [0.2, 0.25) is 0 Å². The summed E-state index contributed by atoms with van der Waals surface area (Å²) in [5.41, 5.74) is 4.06. The van der Waals surface area contributed by atoms with Crippen LogP contribution in [0.1, 0.15) is 27.5 Å². The molecule has 0 saturated carbocycles. The van der Waals surface area contributed by atoms with Gasteiger partial charge in [0.2, 0.25) is 5.91 Å². The van der Waals surface area contributed by atoms with Gasteiger partial charge in [-0.3, -0.25) is 14.9 Å². The number of carbonyl (C=O) groups is 1. The number of rotatable bonds is 7. The number of carbonyl (C=O) groups excluding carboxylic acids is 1. The predicted molar refractivity (Wildman–Crippen MR) is 118 cm³/mol. The fourth-order valence-corrected chi connectivity index (χ4v) is 4.22. The van der Waals surface area contributed by atoms with E-state index in [4.69, 9.17) is 0 Å². The van der Waals surface area contributed by atoms with Crippen LogP contribution in [0.3, 0.4) is 0 Å². The molecule has 5 nitrogen and oxygen atoms in total. The van der Waals surface area contributed by atoms with Crippen LogP contribution in [0.5, 0.6) is 0 Å². The van der Waals surface area contributed by atoms with E-state index in [2.05, 4.69) is 5.32 Å². The first-order valence-electron chi connectivity index (χ1n) is 9.22. The molecule has 3 aromatic carbocycles. The fraction of sp³-hybridized carbons (Fsp3) is 0.174. The van der Waals surface area contributed by atoms with E-state index in [-0.39, 0.29) is 17.3 Å². The summed E-state index contributed by atoms with van der Waals surface area (Å²) >= 11 is 1.50. The van der Waals surface area contributed by atoms with Gasteiger partial charge in [0.25, 0.3) is 5.69 Å². The quantitative estimate of drug-likeness (QED) is 0.396. The number of nitrogens with zero attached hydrogens (tertiary/aromatic N) is 1. The van der Waals surface area contributed by atoms with Crippen LogP contribution in [0.25, 0.3) is 0 Å². The van der Waals surface area contributed by atoms with E-state index in [0.717, 1.165) is 16.7 Å². The highest BCUT2D eigenvalue weighted by atomic mass is 32.2. The summed E-state index contributed by atoms with van der Waals surface area (Å²) in [5, 5.41) is 13.7. The minimum atomic E-state index is -0.489. The van der Waals surface area contributed by atoms with Crippen LogP contribution < -0.4 is 5.32 Å². The van der Waals surface area contributed by atoms with Gasteiger partial charge in [0.05, 0.1) is 4.92 Å².